The SMILES string of the molecule is NCc1cc(C(=O)NCCc2ccc[nH]2)ccn1. The molecule has 0 atom stereocenters. The molecular formula is C13H16N4O. The van der Waals surface area contributed by atoms with E-state index in [9.17, 15) is 4.79 Å². The number of nitrogens with two attached hydrogens (primary N) is 1. The third kappa shape index (κ3) is 3.18. The first kappa shape index (κ1) is 12.3. The molecule has 2 aromatic rings. The standard InChI is InChI=1S/C13H16N4O/c14-9-12-8-10(3-6-16-12)13(18)17-7-4-11-2-1-5-15-11/h1-3,5-6,8,15H,4,7,9,14H2,(H,17,18). The van der Waals surface area contributed by atoms with Crippen molar-refractivity contribution in [3.63, 3.8) is 0 Å². The van der Waals surface area contributed by atoms with E-state index in [0.29, 0.717) is 24.3 Å². The van der Waals surface area contributed by atoms with Crippen molar-refractivity contribution < 1.29 is 4.79 Å². The van der Waals surface area contributed by atoms with Gasteiger partial charge in [-0.3, -0.25) is 9.78 Å². The van der Waals surface area contributed by atoms with Crippen LogP contribution in [0.5, 0.6) is 0 Å². The van der Waals surface area contributed by atoms with Crippen LogP contribution in [0, 0.1) is 0 Å². The molecule has 0 aliphatic rings. The molecular weight excluding hydrogens is 228 g/mol. The molecule has 5 heteroatoms. The number of amides is 1. The van der Waals surface area contributed by atoms with E-state index in [2.05, 4.69) is 15.3 Å². The van der Waals surface area contributed by atoms with Gasteiger partial charge in [-0.05, 0) is 24.3 Å². The topological polar surface area (TPSA) is 83.8 Å². The predicted octanol–water partition coefficient (Wildman–Crippen LogP) is 0.841. The second kappa shape index (κ2) is 5.97. The van der Waals surface area contributed by atoms with Crippen molar-refractivity contribution in [3.8, 4) is 0 Å². The van der Waals surface area contributed by atoms with Gasteiger partial charge in [0.2, 0.25) is 0 Å². The van der Waals surface area contributed by atoms with Crippen LogP contribution in [-0.2, 0) is 13.0 Å². The van der Waals surface area contributed by atoms with Crippen molar-refractivity contribution in [2.75, 3.05) is 6.54 Å². The van der Waals surface area contributed by atoms with Gasteiger partial charge in [0.1, 0.15) is 0 Å². The molecule has 0 saturated carbocycles. The molecule has 0 radical (unpaired) electrons. The molecule has 0 aromatic carbocycles. The van der Waals surface area contributed by atoms with Crippen LogP contribution >= 0.6 is 0 Å². The van der Waals surface area contributed by atoms with E-state index in [-0.39, 0.29) is 5.91 Å². The number of hydrogen-bond donors (Lipinski definition) is 3. The quantitative estimate of drug-likeness (QED) is 0.728. The summed E-state index contributed by atoms with van der Waals surface area (Å²) in [4.78, 5) is 19.0. The Morgan fingerprint density at radius 1 is 1.44 bits per heavy atom. The Labute approximate surface area is 105 Å². The number of pyridine rings is 1. The van der Waals surface area contributed by atoms with Gasteiger partial charge in [-0.1, -0.05) is 0 Å². The van der Waals surface area contributed by atoms with Gasteiger partial charge in [-0.2, -0.15) is 0 Å². The molecule has 1 amide bonds. The predicted molar refractivity (Wildman–Crippen MR) is 69.0 cm³/mol. The van der Waals surface area contributed by atoms with Crippen LogP contribution in [0.25, 0.3) is 0 Å². The Bertz CT molecular complexity index is 507. The van der Waals surface area contributed by atoms with Gasteiger partial charge in [0.05, 0.1) is 5.69 Å². The summed E-state index contributed by atoms with van der Waals surface area (Å²) in [6.45, 7) is 0.934. The van der Waals surface area contributed by atoms with Crippen LogP contribution in [-0.4, -0.2) is 22.4 Å². The van der Waals surface area contributed by atoms with E-state index in [1.54, 1.807) is 18.3 Å². The Morgan fingerprint density at radius 2 is 2.33 bits per heavy atom. The van der Waals surface area contributed by atoms with Crippen molar-refractivity contribution in [2.24, 2.45) is 5.73 Å². The Morgan fingerprint density at radius 3 is 3.06 bits per heavy atom. The number of H-pyrrole nitrogens is 1. The van der Waals surface area contributed by atoms with Crippen LogP contribution in [0.2, 0.25) is 0 Å². The number of nitrogens with zero attached hydrogens (tertiary/aromatic N) is 1. The average molecular weight is 244 g/mol. The van der Waals surface area contributed by atoms with Crippen LogP contribution in [0.4, 0.5) is 0 Å². The number of aromatic amines is 1. The van der Waals surface area contributed by atoms with Crippen molar-refractivity contribution in [1.29, 1.82) is 0 Å². The maximum absolute atomic E-state index is 11.9. The third-order valence-electron chi connectivity index (χ3n) is 2.63. The van der Waals surface area contributed by atoms with E-state index in [0.717, 1.165) is 12.1 Å². The molecule has 5 nitrogen and oxygen atoms in total. The molecule has 0 aliphatic carbocycles. The summed E-state index contributed by atoms with van der Waals surface area (Å²) in [5.74, 6) is -0.0985. The second-order valence-corrected chi connectivity index (χ2v) is 3.94. The second-order valence-electron chi connectivity index (χ2n) is 3.94. The molecule has 0 spiro atoms. The largest absolute Gasteiger partial charge is 0.365 e. The number of rotatable bonds is 5. The molecule has 2 heterocycles. The molecule has 2 aromatic heterocycles. The van der Waals surface area contributed by atoms with E-state index in [1.807, 2.05) is 18.3 Å². The number of nitrogens with one attached hydrogen (secondary N) is 2. The first-order valence-electron chi connectivity index (χ1n) is 5.85. The highest BCUT2D eigenvalue weighted by Gasteiger charge is 2.05. The van der Waals surface area contributed by atoms with Crippen LogP contribution in [0.3, 0.4) is 0 Å². The normalized spacial score (nSPS) is 10.3. The minimum atomic E-state index is -0.0985. The lowest BCUT2D eigenvalue weighted by molar-refractivity contribution is 0.0954. The smallest absolute Gasteiger partial charge is 0.251 e. The van der Waals surface area contributed by atoms with Gasteiger partial charge >= 0.3 is 0 Å². The minimum Gasteiger partial charge on any atom is -0.365 e. The number of aromatic nitrogens is 2. The summed E-state index contributed by atoms with van der Waals surface area (Å²) in [6, 6.07) is 7.33. The van der Waals surface area contributed by atoms with Gasteiger partial charge in [0.25, 0.3) is 5.91 Å². The minimum absolute atomic E-state index is 0.0985. The first-order valence-corrected chi connectivity index (χ1v) is 5.85. The monoisotopic (exact) mass is 244 g/mol. The fourth-order valence-corrected chi connectivity index (χ4v) is 1.67. The zero-order valence-electron chi connectivity index (χ0n) is 10.0. The highest BCUT2D eigenvalue weighted by atomic mass is 16.1. The molecule has 18 heavy (non-hydrogen) atoms. The maximum Gasteiger partial charge on any atom is 0.251 e. The van der Waals surface area contributed by atoms with E-state index in [1.165, 1.54) is 0 Å². The van der Waals surface area contributed by atoms with Gasteiger partial charge < -0.3 is 16.0 Å². The summed E-state index contributed by atoms with van der Waals surface area (Å²) in [6.07, 6.45) is 4.25. The maximum atomic E-state index is 11.9. The molecule has 2 rings (SSSR count). The third-order valence-corrected chi connectivity index (χ3v) is 2.63. The summed E-state index contributed by atoms with van der Waals surface area (Å²) in [5, 5.41) is 2.86. The van der Waals surface area contributed by atoms with Crippen LogP contribution in [0.15, 0.2) is 36.7 Å². The Kier molecular flexibility index (Phi) is 4.09. The van der Waals surface area contributed by atoms with Crippen molar-refractivity contribution >= 4 is 5.91 Å². The highest BCUT2D eigenvalue weighted by molar-refractivity contribution is 5.94. The van der Waals surface area contributed by atoms with Gasteiger partial charge in [-0.15, -0.1) is 0 Å². The fourth-order valence-electron chi connectivity index (χ4n) is 1.67. The number of carbonyl (C=O) groups is 1. The summed E-state index contributed by atoms with van der Waals surface area (Å²) < 4.78 is 0. The number of hydrogen-bond acceptors (Lipinski definition) is 3. The van der Waals surface area contributed by atoms with E-state index in [4.69, 9.17) is 5.73 Å². The Hall–Kier alpha value is -2.14. The van der Waals surface area contributed by atoms with Gasteiger partial charge in [-0.25, -0.2) is 0 Å². The van der Waals surface area contributed by atoms with Gasteiger partial charge in [0, 0.05) is 43.2 Å². The molecule has 0 saturated heterocycles. The lowest BCUT2D eigenvalue weighted by Gasteiger charge is -2.05. The molecule has 0 fully saturated rings. The Balaban J connectivity index is 1.87. The highest BCUT2D eigenvalue weighted by Crippen LogP contribution is 2.01. The summed E-state index contributed by atoms with van der Waals surface area (Å²) in [5.41, 5.74) is 7.90. The molecule has 4 N–H and O–H groups in total. The van der Waals surface area contributed by atoms with E-state index < -0.39 is 0 Å². The number of carbonyl (C=O) groups excluding carboxylic acids is 1. The molecule has 94 valence electrons. The van der Waals surface area contributed by atoms with Crippen molar-refractivity contribution in [1.82, 2.24) is 15.3 Å². The van der Waals surface area contributed by atoms with Crippen molar-refractivity contribution in [3.05, 3.63) is 53.6 Å². The van der Waals surface area contributed by atoms with Crippen LogP contribution < -0.4 is 11.1 Å². The van der Waals surface area contributed by atoms with Crippen molar-refractivity contribution in [2.45, 2.75) is 13.0 Å². The lowest BCUT2D eigenvalue weighted by Crippen LogP contribution is -2.26. The summed E-state index contributed by atoms with van der Waals surface area (Å²) >= 11 is 0. The molecule has 0 bridgehead atoms. The van der Waals surface area contributed by atoms with Crippen LogP contribution in [0.1, 0.15) is 21.7 Å². The zero-order chi connectivity index (χ0) is 12.8. The average Bonchev–Trinajstić information content (AvgIpc) is 2.92. The van der Waals surface area contributed by atoms with Gasteiger partial charge in [0.15, 0.2) is 0 Å². The van der Waals surface area contributed by atoms with E-state index >= 15 is 0 Å². The lowest BCUT2D eigenvalue weighted by atomic mass is 10.2. The summed E-state index contributed by atoms with van der Waals surface area (Å²) in [7, 11) is 0. The molecule has 0 unspecified atom stereocenters. The molecule has 0 aliphatic heterocycles. The zero-order valence-corrected chi connectivity index (χ0v) is 10.0. The fraction of sp³-hybridized carbons (Fsp3) is 0.231. The first-order chi connectivity index (χ1) is 8.79.